The molecule has 1 rings (SSSR count). The number of hydrogen-bond acceptors (Lipinski definition) is 3. The summed E-state index contributed by atoms with van der Waals surface area (Å²) in [5, 5.41) is 20.4. The Morgan fingerprint density at radius 1 is 1.38 bits per heavy atom. The molecule has 0 aliphatic carbocycles. The maximum absolute atomic E-state index is 12.7. The van der Waals surface area contributed by atoms with E-state index in [0.29, 0.717) is 0 Å². The van der Waals surface area contributed by atoms with Crippen molar-refractivity contribution in [3.63, 3.8) is 0 Å². The second-order valence-electron chi connectivity index (χ2n) is 3.38. The van der Waals surface area contributed by atoms with Crippen LogP contribution in [-0.4, -0.2) is 29.3 Å². The van der Waals surface area contributed by atoms with Gasteiger partial charge in [0.25, 0.3) is 0 Å². The molecule has 0 radical (unpaired) electrons. The number of nitrogens with one attached hydrogen (secondary N) is 1. The number of hydrogen-bond donors (Lipinski definition) is 3. The van der Waals surface area contributed by atoms with Gasteiger partial charge in [-0.05, 0) is 17.7 Å². The first-order chi connectivity index (χ1) is 7.63. The highest BCUT2D eigenvalue weighted by atomic mass is 19.1. The minimum atomic E-state index is -0.900. The molecule has 0 heterocycles. The Labute approximate surface area is 92.7 Å². The van der Waals surface area contributed by atoms with E-state index in [2.05, 4.69) is 5.32 Å². The molecule has 4 nitrogen and oxygen atoms in total. The van der Waals surface area contributed by atoms with Crippen molar-refractivity contribution in [2.75, 3.05) is 13.2 Å². The van der Waals surface area contributed by atoms with Crippen molar-refractivity contribution in [3.8, 4) is 0 Å². The summed E-state index contributed by atoms with van der Waals surface area (Å²) in [4.78, 5) is 10.3. The van der Waals surface area contributed by atoms with Crippen molar-refractivity contribution in [1.29, 1.82) is 0 Å². The number of benzene rings is 1. The van der Waals surface area contributed by atoms with Gasteiger partial charge < -0.3 is 15.5 Å². The molecule has 5 heteroatoms. The number of carboxylic acid groups (broad SMARTS) is 1. The maximum atomic E-state index is 12.7. The Balaban J connectivity index is 2.53. The number of carboxylic acids is 1. The molecule has 1 atom stereocenters. The summed E-state index contributed by atoms with van der Waals surface area (Å²) in [6.45, 7) is 0.100. The second kappa shape index (κ2) is 6.19. The summed E-state index contributed by atoms with van der Waals surface area (Å²) in [5.74, 6) is -1.24. The van der Waals surface area contributed by atoms with Gasteiger partial charge in [-0.3, -0.25) is 4.79 Å². The average Bonchev–Trinajstić information content (AvgIpc) is 2.26. The van der Waals surface area contributed by atoms with Crippen molar-refractivity contribution >= 4 is 5.97 Å². The number of halogens is 1. The van der Waals surface area contributed by atoms with Crippen LogP contribution >= 0.6 is 0 Å². The van der Waals surface area contributed by atoms with E-state index in [-0.39, 0.29) is 31.4 Å². The van der Waals surface area contributed by atoms with Crippen LogP contribution < -0.4 is 5.32 Å². The van der Waals surface area contributed by atoms with Gasteiger partial charge in [0.15, 0.2) is 0 Å². The molecule has 0 spiro atoms. The van der Waals surface area contributed by atoms with E-state index in [0.717, 1.165) is 5.56 Å². The zero-order valence-electron chi connectivity index (χ0n) is 8.69. The number of aliphatic hydroxyl groups is 1. The predicted molar refractivity (Wildman–Crippen MR) is 56.5 cm³/mol. The van der Waals surface area contributed by atoms with Crippen molar-refractivity contribution in [2.45, 2.75) is 12.5 Å². The summed E-state index contributed by atoms with van der Waals surface area (Å²) in [6.07, 6.45) is -0.0162. The number of aliphatic carboxylic acids is 1. The molecular weight excluding hydrogens is 213 g/mol. The van der Waals surface area contributed by atoms with E-state index < -0.39 is 5.97 Å². The fourth-order valence-corrected chi connectivity index (χ4v) is 1.34. The van der Waals surface area contributed by atoms with Gasteiger partial charge >= 0.3 is 5.97 Å². The third-order valence-corrected chi connectivity index (χ3v) is 2.18. The molecule has 0 aromatic heterocycles. The van der Waals surface area contributed by atoms with Gasteiger partial charge in [0.1, 0.15) is 5.82 Å². The molecule has 0 bridgehead atoms. The molecule has 0 fully saturated rings. The first-order valence-electron chi connectivity index (χ1n) is 4.95. The molecule has 0 unspecified atom stereocenters. The molecule has 88 valence electrons. The van der Waals surface area contributed by atoms with Crippen LogP contribution in [0.2, 0.25) is 0 Å². The van der Waals surface area contributed by atoms with Crippen LogP contribution in [0.25, 0.3) is 0 Å². The molecule has 0 amide bonds. The highest BCUT2D eigenvalue weighted by Crippen LogP contribution is 2.12. The SMILES string of the molecule is O=C(O)CCN[C@@H](CO)c1ccc(F)cc1. The van der Waals surface area contributed by atoms with Crippen molar-refractivity contribution < 1.29 is 19.4 Å². The largest absolute Gasteiger partial charge is 0.481 e. The van der Waals surface area contributed by atoms with Crippen LogP contribution in [0.4, 0.5) is 4.39 Å². The Kier molecular flexibility index (Phi) is 4.88. The minimum absolute atomic E-state index is 0.0162. The van der Waals surface area contributed by atoms with Crippen molar-refractivity contribution in [1.82, 2.24) is 5.32 Å². The first kappa shape index (κ1) is 12.6. The molecule has 1 aromatic rings. The minimum Gasteiger partial charge on any atom is -0.481 e. The van der Waals surface area contributed by atoms with Crippen LogP contribution in [0.3, 0.4) is 0 Å². The fourth-order valence-electron chi connectivity index (χ4n) is 1.34. The molecule has 1 aromatic carbocycles. The molecule has 16 heavy (non-hydrogen) atoms. The maximum Gasteiger partial charge on any atom is 0.304 e. The van der Waals surface area contributed by atoms with E-state index in [9.17, 15) is 9.18 Å². The summed E-state index contributed by atoms with van der Waals surface area (Å²) < 4.78 is 12.7. The van der Waals surface area contributed by atoms with Gasteiger partial charge in [0.2, 0.25) is 0 Å². The molecule has 0 aliphatic heterocycles. The summed E-state index contributed by atoms with van der Waals surface area (Å²) in [6, 6.07) is 5.36. The van der Waals surface area contributed by atoms with Crippen molar-refractivity contribution in [3.05, 3.63) is 35.6 Å². The second-order valence-corrected chi connectivity index (χ2v) is 3.38. The fraction of sp³-hybridized carbons (Fsp3) is 0.364. The van der Waals surface area contributed by atoms with Crippen molar-refractivity contribution in [2.24, 2.45) is 0 Å². The Bertz CT molecular complexity index is 340. The van der Waals surface area contributed by atoms with Gasteiger partial charge in [-0.1, -0.05) is 12.1 Å². The highest BCUT2D eigenvalue weighted by molar-refractivity contribution is 5.66. The lowest BCUT2D eigenvalue weighted by molar-refractivity contribution is -0.136. The van der Waals surface area contributed by atoms with Gasteiger partial charge in [-0.2, -0.15) is 0 Å². The predicted octanol–water partition coefficient (Wildman–Crippen LogP) is 0.923. The summed E-state index contributed by atoms with van der Waals surface area (Å²) >= 11 is 0. The Hall–Kier alpha value is -1.46. The van der Waals surface area contributed by atoms with E-state index in [1.807, 2.05) is 0 Å². The zero-order chi connectivity index (χ0) is 12.0. The third-order valence-electron chi connectivity index (χ3n) is 2.18. The molecular formula is C11H14FNO3. The lowest BCUT2D eigenvalue weighted by atomic mass is 10.1. The van der Waals surface area contributed by atoms with E-state index in [1.165, 1.54) is 12.1 Å². The quantitative estimate of drug-likeness (QED) is 0.676. The average molecular weight is 227 g/mol. The van der Waals surface area contributed by atoms with Crippen LogP contribution in [0.1, 0.15) is 18.0 Å². The Morgan fingerprint density at radius 2 is 2.00 bits per heavy atom. The van der Waals surface area contributed by atoms with E-state index in [1.54, 1.807) is 12.1 Å². The van der Waals surface area contributed by atoms with Gasteiger partial charge in [0, 0.05) is 6.54 Å². The van der Waals surface area contributed by atoms with Gasteiger partial charge in [-0.15, -0.1) is 0 Å². The van der Waals surface area contributed by atoms with E-state index >= 15 is 0 Å². The van der Waals surface area contributed by atoms with E-state index in [4.69, 9.17) is 10.2 Å². The van der Waals surface area contributed by atoms with Crippen LogP contribution in [-0.2, 0) is 4.79 Å². The summed E-state index contributed by atoms with van der Waals surface area (Å²) in [7, 11) is 0. The lowest BCUT2D eigenvalue weighted by Gasteiger charge is -2.15. The smallest absolute Gasteiger partial charge is 0.304 e. The normalized spacial score (nSPS) is 12.4. The lowest BCUT2D eigenvalue weighted by Crippen LogP contribution is -2.26. The van der Waals surface area contributed by atoms with Crippen LogP contribution in [0.5, 0.6) is 0 Å². The topological polar surface area (TPSA) is 69.6 Å². The monoisotopic (exact) mass is 227 g/mol. The van der Waals surface area contributed by atoms with Crippen LogP contribution in [0.15, 0.2) is 24.3 Å². The highest BCUT2D eigenvalue weighted by Gasteiger charge is 2.09. The standard InChI is InChI=1S/C11H14FNO3/c12-9-3-1-8(2-4-9)10(7-14)13-6-5-11(15)16/h1-4,10,13-14H,5-7H2,(H,15,16)/t10-/m0/s1. The first-order valence-corrected chi connectivity index (χ1v) is 4.95. The summed E-state index contributed by atoms with van der Waals surface area (Å²) in [5.41, 5.74) is 0.731. The molecule has 0 saturated heterocycles. The molecule has 0 aliphatic rings. The zero-order valence-corrected chi connectivity index (χ0v) is 8.69. The number of carbonyl (C=O) groups is 1. The Morgan fingerprint density at radius 3 is 2.50 bits per heavy atom. The molecule has 0 saturated carbocycles. The van der Waals surface area contributed by atoms with Gasteiger partial charge in [-0.25, -0.2) is 4.39 Å². The van der Waals surface area contributed by atoms with Crippen LogP contribution in [0, 0.1) is 5.82 Å². The van der Waals surface area contributed by atoms with Gasteiger partial charge in [0.05, 0.1) is 19.1 Å². The molecule has 3 N–H and O–H groups in total. The number of rotatable bonds is 6. The number of aliphatic hydroxyl groups excluding tert-OH is 1. The third kappa shape index (κ3) is 3.96.